The predicted molar refractivity (Wildman–Crippen MR) is 20.9 cm³/mol. The van der Waals surface area contributed by atoms with Crippen molar-refractivity contribution in [3.8, 4) is 0 Å². The molecule has 0 aliphatic rings. The van der Waals surface area contributed by atoms with Crippen molar-refractivity contribution in [3.05, 3.63) is 12.2 Å². The van der Waals surface area contributed by atoms with Crippen LogP contribution in [0.5, 0.6) is 0 Å². The fourth-order valence-electron chi connectivity index (χ4n) is 0.0962. The van der Waals surface area contributed by atoms with Gasteiger partial charge in [-0.25, -0.2) is 0 Å². The number of allylic oxidation sites excluding steroid dienone is 2. The van der Waals surface area contributed by atoms with Crippen LogP contribution in [-0.2, 0) is 24.2 Å². The van der Waals surface area contributed by atoms with E-state index < -0.39 is 0 Å². The minimum absolute atomic E-state index is 1.47. The molecule has 0 unspecified atom stereocenters. The molecule has 0 rings (SSSR count). The summed E-state index contributed by atoms with van der Waals surface area (Å²) in [7, 11) is 0. The third-order valence-electron chi connectivity index (χ3n) is 0.289. The van der Waals surface area contributed by atoms with E-state index in [0.29, 0.717) is 0 Å². The van der Waals surface area contributed by atoms with E-state index in [1.807, 2.05) is 19.1 Å². The standard InChI is InChI=1S/C4H6.Zr/c1-3-4-2;/h1,3-4H,2H3;. The zero-order chi connectivity index (χ0) is 4.12. The average molecular weight is 145 g/mol. The normalized spacial score (nSPS) is 8.80. The molecular weight excluding hydrogens is 139 g/mol. The van der Waals surface area contributed by atoms with E-state index in [2.05, 4.69) is 3.71 Å². The Kier molecular flexibility index (Phi) is 4.94. The summed E-state index contributed by atoms with van der Waals surface area (Å²) in [5.41, 5.74) is 0. The Morgan fingerprint density at radius 1 is 1.60 bits per heavy atom. The van der Waals surface area contributed by atoms with E-state index in [0.717, 1.165) is 0 Å². The summed E-state index contributed by atoms with van der Waals surface area (Å²) in [5, 5.41) is 0. The second-order valence-electron chi connectivity index (χ2n) is 0.692. The van der Waals surface area contributed by atoms with Crippen LogP contribution in [0.15, 0.2) is 12.2 Å². The van der Waals surface area contributed by atoms with Crippen molar-refractivity contribution < 1.29 is 24.2 Å². The molecule has 0 radical (unpaired) electrons. The van der Waals surface area contributed by atoms with Crippen LogP contribution < -0.4 is 0 Å². The topological polar surface area (TPSA) is 0 Å². The van der Waals surface area contributed by atoms with Crippen molar-refractivity contribution in [3.63, 3.8) is 0 Å². The molecule has 0 nitrogen and oxygen atoms in total. The van der Waals surface area contributed by atoms with Crippen LogP contribution in [-0.4, -0.2) is 3.71 Å². The molecule has 0 aromatic carbocycles. The molecule has 0 fully saturated rings. The first-order valence-electron chi connectivity index (χ1n) is 1.53. The molecule has 0 amide bonds. The van der Waals surface area contributed by atoms with Gasteiger partial charge in [0.05, 0.1) is 0 Å². The van der Waals surface area contributed by atoms with Crippen molar-refractivity contribution in [2.45, 2.75) is 6.92 Å². The molecule has 0 heterocycles. The van der Waals surface area contributed by atoms with E-state index in [4.69, 9.17) is 0 Å². The van der Waals surface area contributed by atoms with E-state index in [-0.39, 0.29) is 0 Å². The van der Waals surface area contributed by atoms with Crippen molar-refractivity contribution in [1.29, 1.82) is 0 Å². The summed E-state index contributed by atoms with van der Waals surface area (Å²) in [4.78, 5) is 0. The van der Waals surface area contributed by atoms with E-state index in [1.165, 1.54) is 24.2 Å². The molecule has 0 aromatic rings. The van der Waals surface area contributed by atoms with Crippen molar-refractivity contribution in [1.82, 2.24) is 0 Å². The molecule has 26 valence electrons. The molecule has 0 bridgehead atoms. The van der Waals surface area contributed by atoms with E-state index >= 15 is 0 Å². The van der Waals surface area contributed by atoms with Crippen LogP contribution in [0.4, 0.5) is 0 Å². The zero-order valence-electron chi connectivity index (χ0n) is 3.23. The van der Waals surface area contributed by atoms with Gasteiger partial charge in [-0.15, -0.1) is 0 Å². The van der Waals surface area contributed by atoms with Crippen molar-refractivity contribution in [2.24, 2.45) is 0 Å². The summed E-state index contributed by atoms with van der Waals surface area (Å²) in [6, 6.07) is 0. The minimum atomic E-state index is 1.47. The fraction of sp³-hybridized carbons (Fsp3) is 0.250. The van der Waals surface area contributed by atoms with Gasteiger partial charge in [-0.1, -0.05) is 0 Å². The predicted octanol–water partition coefficient (Wildman–Crippen LogP) is 0.911. The molecule has 0 aromatic heterocycles. The molecular formula is C4H6Zr. The van der Waals surface area contributed by atoms with Gasteiger partial charge in [0.2, 0.25) is 0 Å². The molecule has 0 spiro atoms. The molecule has 0 N–H and O–H groups in total. The van der Waals surface area contributed by atoms with E-state index in [1.54, 1.807) is 0 Å². The summed E-state index contributed by atoms with van der Waals surface area (Å²) in [6.07, 6.45) is 4.06. The Balaban J connectivity index is 2.92. The van der Waals surface area contributed by atoms with Crippen LogP contribution in [0.2, 0.25) is 0 Å². The number of hydrogen-bond donors (Lipinski definition) is 0. The van der Waals surface area contributed by atoms with Gasteiger partial charge in [0, 0.05) is 0 Å². The Bertz CT molecular complexity index is 45.6. The van der Waals surface area contributed by atoms with Gasteiger partial charge in [-0.3, -0.25) is 0 Å². The zero-order valence-corrected chi connectivity index (χ0v) is 5.69. The van der Waals surface area contributed by atoms with Gasteiger partial charge in [0.1, 0.15) is 0 Å². The Hall–Kier alpha value is 0.493. The van der Waals surface area contributed by atoms with Gasteiger partial charge in [-0.05, 0) is 0 Å². The van der Waals surface area contributed by atoms with Gasteiger partial charge >= 0.3 is 47.0 Å². The summed E-state index contributed by atoms with van der Waals surface area (Å²) in [5.74, 6) is 0. The van der Waals surface area contributed by atoms with Gasteiger partial charge in [-0.2, -0.15) is 0 Å². The maximum atomic E-state index is 2.09. The second-order valence-corrected chi connectivity index (χ2v) is 1.51. The third kappa shape index (κ3) is 4.49. The fourth-order valence-corrected chi connectivity index (χ4v) is 0.569. The Morgan fingerprint density at radius 3 is 2.20 bits per heavy atom. The summed E-state index contributed by atoms with van der Waals surface area (Å²) >= 11 is 1.47. The molecule has 1 heteroatoms. The first-order chi connectivity index (χ1) is 2.41. The monoisotopic (exact) mass is 144 g/mol. The summed E-state index contributed by atoms with van der Waals surface area (Å²) in [6.45, 7) is 2.01. The Labute approximate surface area is 47.2 Å². The van der Waals surface area contributed by atoms with Gasteiger partial charge in [0.25, 0.3) is 0 Å². The summed E-state index contributed by atoms with van der Waals surface area (Å²) < 4.78 is 2.09. The molecule has 0 atom stereocenters. The van der Waals surface area contributed by atoms with Crippen LogP contribution >= 0.6 is 0 Å². The van der Waals surface area contributed by atoms with Crippen LogP contribution in [0.3, 0.4) is 0 Å². The molecule has 0 aliphatic heterocycles. The number of rotatable bonds is 1. The maximum absolute atomic E-state index is 2.09. The van der Waals surface area contributed by atoms with Crippen LogP contribution in [0.25, 0.3) is 0 Å². The second kappa shape index (κ2) is 4.49. The quantitative estimate of drug-likeness (QED) is 0.514. The Morgan fingerprint density at radius 2 is 2.20 bits per heavy atom. The molecule has 0 saturated heterocycles. The van der Waals surface area contributed by atoms with Gasteiger partial charge < -0.3 is 0 Å². The third-order valence-corrected chi connectivity index (χ3v) is 0.762. The molecule has 0 aliphatic carbocycles. The molecule has 0 saturated carbocycles. The van der Waals surface area contributed by atoms with Crippen molar-refractivity contribution >= 4 is 3.71 Å². The number of hydrogen-bond acceptors (Lipinski definition) is 0. The van der Waals surface area contributed by atoms with Crippen molar-refractivity contribution in [2.75, 3.05) is 0 Å². The average Bonchev–Trinajstić information content (AvgIpc) is 1.41. The van der Waals surface area contributed by atoms with Gasteiger partial charge in [0.15, 0.2) is 0 Å². The first-order valence-corrected chi connectivity index (χ1v) is 2.95. The first kappa shape index (κ1) is 5.49. The van der Waals surface area contributed by atoms with Crippen LogP contribution in [0.1, 0.15) is 6.92 Å². The van der Waals surface area contributed by atoms with Crippen LogP contribution in [0, 0.1) is 0 Å². The van der Waals surface area contributed by atoms with E-state index in [9.17, 15) is 0 Å². The SMILES string of the molecule is CC=C[CH]=[Zr]. The molecule has 5 heavy (non-hydrogen) atoms.